The predicted molar refractivity (Wildman–Crippen MR) is 79.1 cm³/mol. The molecule has 4 heteroatoms. The molecule has 4 nitrogen and oxygen atoms in total. The Kier molecular flexibility index (Phi) is 5.15. The van der Waals surface area contributed by atoms with Gasteiger partial charge in [0.2, 0.25) is 0 Å². The number of para-hydroxylation sites is 1. The molecule has 20 heavy (non-hydrogen) atoms. The number of nitrogens with one attached hydrogen (secondary N) is 1. The Morgan fingerprint density at radius 2 is 1.65 bits per heavy atom. The largest absolute Gasteiger partial charge is 0.365 e. The first-order chi connectivity index (χ1) is 9.75. The van der Waals surface area contributed by atoms with Crippen molar-refractivity contribution in [2.24, 2.45) is 0 Å². The predicted octanol–water partition coefficient (Wildman–Crippen LogP) is 2.37. The SMILES string of the molecule is CN(CC(=O)NOCc1ccccc1)c1ccccc1. The highest BCUT2D eigenvalue weighted by atomic mass is 16.6. The summed E-state index contributed by atoms with van der Waals surface area (Å²) >= 11 is 0. The van der Waals surface area contributed by atoms with Gasteiger partial charge in [-0.3, -0.25) is 9.63 Å². The van der Waals surface area contributed by atoms with Crippen molar-refractivity contribution in [3.63, 3.8) is 0 Å². The summed E-state index contributed by atoms with van der Waals surface area (Å²) in [6.07, 6.45) is 0. The molecule has 2 aromatic carbocycles. The summed E-state index contributed by atoms with van der Waals surface area (Å²) in [5.74, 6) is -0.174. The lowest BCUT2D eigenvalue weighted by atomic mass is 10.2. The maximum Gasteiger partial charge on any atom is 0.263 e. The van der Waals surface area contributed by atoms with Crippen molar-refractivity contribution >= 4 is 11.6 Å². The van der Waals surface area contributed by atoms with Crippen LogP contribution < -0.4 is 10.4 Å². The number of carbonyl (C=O) groups is 1. The van der Waals surface area contributed by atoms with Gasteiger partial charge in [-0.2, -0.15) is 0 Å². The minimum Gasteiger partial charge on any atom is -0.365 e. The van der Waals surface area contributed by atoms with Gasteiger partial charge in [0.25, 0.3) is 5.91 Å². The number of benzene rings is 2. The fourth-order valence-electron chi connectivity index (χ4n) is 1.80. The van der Waals surface area contributed by atoms with Gasteiger partial charge in [-0.05, 0) is 17.7 Å². The summed E-state index contributed by atoms with van der Waals surface area (Å²) in [7, 11) is 1.87. The lowest BCUT2D eigenvalue weighted by molar-refractivity contribution is -0.133. The molecule has 0 unspecified atom stereocenters. The van der Waals surface area contributed by atoms with E-state index in [0.717, 1.165) is 11.3 Å². The van der Waals surface area contributed by atoms with Crippen molar-refractivity contribution in [3.05, 3.63) is 66.2 Å². The van der Waals surface area contributed by atoms with Crippen molar-refractivity contribution in [2.75, 3.05) is 18.5 Å². The van der Waals surface area contributed by atoms with Crippen LogP contribution in [0.25, 0.3) is 0 Å². The second-order valence-electron chi connectivity index (χ2n) is 4.49. The number of nitrogens with zero attached hydrogens (tertiary/aromatic N) is 1. The van der Waals surface area contributed by atoms with Crippen molar-refractivity contribution in [1.82, 2.24) is 5.48 Å². The van der Waals surface area contributed by atoms with Crippen LogP contribution in [-0.2, 0) is 16.2 Å². The molecule has 0 aliphatic heterocycles. The van der Waals surface area contributed by atoms with Gasteiger partial charge in [0.1, 0.15) is 0 Å². The number of hydrogen-bond acceptors (Lipinski definition) is 3. The number of amides is 1. The third-order valence-corrected chi connectivity index (χ3v) is 2.85. The second kappa shape index (κ2) is 7.31. The van der Waals surface area contributed by atoms with Crippen molar-refractivity contribution < 1.29 is 9.63 Å². The van der Waals surface area contributed by atoms with E-state index in [4.69, 9.17) is 4.84 Å². The van der Waals surface area contributed by atoms with Crippen molar-refractivity contribution in [3.8, 4) is 0 Å². The van der Waals surface area contributed by atoms with Gasteiger partial charge in [0.05, 0.1) is 13.2 Å². The third-order valence-electron chi connectivity index (χ3n) is 2.85. The van der Waals surface area contributed by atoms with Gasteiger partial charge >= 0.3 is 0 Å². The van der Waals surface area contributed by atoms with Gasteiger partial charge in [-0.25, -0.2) is 5.48 Å². The monoisotopic (exact) mass is 270 g/mol. The summed E-state index contributed by atoms with van der Waals surface area (Å²) in [6.45, 7) is 0.612. The Bertz CT molecular complexity index is 529. The van der Waals surface area contributed by atoms with E-state index in [2.05, 4.69) is 5.48 Å². The average Bonchev–Trinajstić information content (AvgIpc) is 2.49. The van der Waals surface area contributed by atoms with Crippen LogP contribution in [0.15, 0.2) is 60.7 Å². The molecule has 0 saturated heterocycles. The van der Waals surface area contributed by atoms with E-state index in [1.165, 1.54) is 0 Å². The van der Waals surface area contributed by atoms with Gasteiger partial charge < -0.3 is 4.90 Å². The summed E-state index contributed by atoms with van der Waals surface area (Å²) in [4.78, 5) is 18.8. The van der Waals surface area contributed by atoms with Crippen LogP contribution in [-0.4, -0.2) is 19.5 Å². The number of rotatable bonds is 6. The second-order valence-corrected chi connectivity index (χ2v) is 4.49. The standard InChI is InChI=1S/C16H18N2O2/c1-18(15-10-6-3-7-11-15)12-16(19)17-20-13-14-8-4-2-5-9-14/h2-11H,12-13H2,1H3,(H,17,19). The van der Waals surface area contributed by atoms with E-state index >= 15 is 0 Å². The van der Waals surface area contributed by atoms with E-state index in [1.54, 1.807) is 0 Å². The van der Waals surface area contributed by atoms with E-state index in [9.17, 15) is 4.79 Å². The number of carbonyl (C=O) groups excluding carboxylic acids is 1. The Hall–Kier alpha value is -2.33. The molecule has 2 rings (SSSR count). The zero-order valence-corrected chi connectivity index (χ0v) is 11.5. The minimum absolute atomic E-state index is 0.174. The first-order valence-corrected chi connectivity index (χ1v) is 6.46. The molecule has 0 saturated carbocycles. The topological polar surface area (TPSA) is 41.6 Å². The van der Waals surface area contributed by atoms with E-state index in [1.807, 2.05) is 72.6 Å². The van der Waals surface area contributed by atoms with E-state index < -0.39 is 0 Å². The molecule has 0 heterocycles. The summed E-state index contributed by atoms with van der Waals surface area (Å²) in [6, 6.07) is 19.4. The maximum atomic E-state index is 11.7. The molecule has 0 fully saturated rings. The number of hydrogen-bond donors (Lipinski definition) is 1. The highest BCUT2D eigenvalue weighted by Crippen LogP contribution is 2.09. The molecule has 2 aromatic rings. The first-order valence-electron chi connectivity index (χ1n) is 6.46. The van der Waals surface area contributed by atoms with Gasteiger partial charge in [-0.1, -0.05) is 48.5 Å². The van der Waals surface area contributed by atoms with Gasteiger partial charge in [0.15, 0.2) is 0 Å². The number of likely N-dealkylation sites (N-methyl/N-ethyl adjacent to an activating group) is 1. The molecular weight excluding hydrogens is 252 g/mol. The van der Waals surface area contributed by atoms with Crippen LogP contribution >= 0.6 is 0 Å². The molecule has 0 aliphatic carbocycles. The zero-order chi connectivity index (χ0) is 14.2. The summed E-state index contributed by atoms with van der Waals surface area (Å²) in [5.41, 5.74) is 4.46. The van der Waals surface area contributed by atoms with Crippen LogP contribution in [0.2, 0.25) is 0 Å². The van der Waals surface area contributed by atoms with Crippen LogP contribution in [0.5, 0.6) is 0 Å². The number of anilines is 1. The minimum atomic E-state index is -0.174. The van der Waals surface area contributed by atoms with Crippen molar-refractivity contribution in [2.45, 2.75) is 6.61 Å². The smallest absolute Gasteiger partial charge is 0.263 e. The quantitative estimate of drug-likeness (QED) is 0.819. The lowest BCUT2D eigenvalue weighted by Gasteiger charge is -2.18. The molecule has 0 bridgehead atoms. The van der Waals surface area contributed by atoms with Gasteiger partial charge in [-0.15, -0.1) is 0 Å². The first kappa shape index (κ1) is 14.1. The Morgan fingerprint density at radius 1 is 1.05 bits per heavy atom. The Morgan fingerprint density at radius 3 is 2.30 bits per heavy atom. The van der Waals surface area contributed by atoms with E-state index in [0.29, 0.717) is 6.61 Å². The highest BCUT2D eigenvalue weighted by Gasteiger charge is 2.06. The molecule has 0 radical (unpaired) electrons. The molecule has 1 N–H and O–H groups in total. The Labute approximate surface area is 118 Å². The summed E-state index contributed by atoms with van der Waals surface area (Å²) in [5, 5.41) is 0. The molecular formula is C16H18N2O2. The molecule has 1 amide bonds. The van der Waals surface area contributed by atoms with Crippen LogP contribution in [0.3, 0.4) is 0 Å². The molecule has 0 aliphatic rings. The fourth-order valence-corrected chi connectivity index (χ4v) is 1.80. The van der Waals surface area contributed by atoms with Crippen LogP contribution in [0, 0.1) is 0 Å². The average molecular weight is 270 g/mol. The lowest BCUT2D eigenvalue weighted by Crippen LogP contribution is -2.35. The van der Waals surface area contributed by atoms with Crippen LogP contribution in [0.1, 0.15) is 5.56 Å². The van der Waals surface area contributed by atoms with Gasteiger partial charge in [0, 0.05) is 12.7 Å². The zero-order valence-electron chi connectivity index (χ0n) is 11.5. The van der Waals surface area contributed by atoms with Crippen molar-refractivity contribution in [1.29, 1.82) is 0 Å². The Balaban J connectivity index is 1.73. The molecule has 0 atom stereocenters. The van der Waals surface area contributed by atoms with Crippen LogP contribution in [0.4, 0.5) is 5.69 Å². The summed E-state index contributed by atoms with van der Waals surface area (Å²) < 4.78 is 0. The maximum absolute atomic E-state index is 11.7. The highest BCUT2D eigenvalue weighted by molar-refractivity contribution is 5.80. The molecule has 0 spiro atoms. The normalized spacial score (nSPS) is 10.1. The van der Waals surface area contributed by atoms with E-state index in [-0.39, 0.29) is 12.5 Å². The third kappa shape index (κ3) is 4.40. The number of hydroxylamine groups is 1. The molecule has 104 valence electrons. The molecule has 0 aromatic heterocycles. The fraction of sp³-hybridized carbons (Fsp3) is 0.188.